The second-order valence-corrected chi connectivity index (χ2v) is 3.02. The Morgan fingerprint density at radius 1 is 1.14 bits per heavy atom. The number of anilines is 1. The van der Waals surface area contributed by atoms with Crippen LogP contribution in [0.25, 0.3) is 11.1 Å². The van der Waals surface area contributed by atoms with Gasteiger partial charge in [-0.1, -0.05) is 0 Å². The minimum Gasteiger partial charge on any atom is -0.368 e. The average Bonchev–Trinajstić information content (AvgIpc) is 2.20. The molecule has 0 aliphatic carbocycles. The summed E-state index contributed by atoms with van der Waals surface area (Å²) in [5.74, 6) is 0.292. The third-order valence-corrected chi connectivity index (χ3v) is 2.00. The van der Waals surface area contributed by atoms with Crippen LogP contribution in [0.5, 0.6) is 0 Å². The lowest BCUT2D eigenvalue weighted by Gasteiger charge is -2.03. The van der Waals surface area contributed by atoms with Gasteiger partial charge >= 0.3 is 0 Å². The Morgan fingerprint density at radius 2 is 1.86 bits per heavy atom. The van der Waals surface area contributed by atoms with Crippen LogP contribution in [0.2, 0.25) is 0 Å². The van der Waals surface area contributed by atoms with Gasteiger partial charge in [-0.25, -0.2) is 9.97 Å². The zero-order valence-electron chi connectivity index (χ0n) is 7.81. The van der Waals surface area contributed by atoms with Gasteiger partial charge in [0.25, 0.3) is 0 Å². The number of rotatable bonds is 1. The van der Waals surface area contributed by atoms with E-state index >= 15 is 0 Å². The van der Waals surface area contributed by atoms with E-state index in [-0.39, 0.29) is 0 Å². The number of hydrogen-bond donors (Lipinski definition) is 1. The van der Waals surface area contributed by atoms with E-state index in [1.807, 2.05) is 19.2 Å². The Kier molecular flexibility index (Phi) is 2.10. The van der Waals surface area contributed by atoms with Crippen molar-refractivity contribution in [2.24, 2.45) is 0 Å². The van der Waals surface area contributed by atoms with Crippen molar-refractivity contribution in [2.75, 3.05) is 5.73 Å². The summed E-state index contributed by atoms with van der Waals surface area (Å²) in [4.78, 5) is 11.9. The molecule has 14 heavy (non-hydrogen) atoms. The largest absolute Gasteiger partial charge is 0.368 e. The highest BCUT2D eigenvalue weighted by Gasteiger charge is 2.01. The van der Waals surface area contributed by atoms with Crippen LogP contribution >= 0.6 is 0 Å². The molecular weight excluding hydrogens is 176 g/mol. The first kappa shape index (κ1) is 8.62. The van der Waals surface area contributed by atoms with Crippen LogP contribution < -0.4 is 5.73 Å². The highest BCUT2D eigenvalue weighted by atomic mass is 15.0. The van der Waals surface area contributed by atoms with E-state index in [9.17, 15) is 0 Å². The number of aromatic nitrogens is 3. The van der Waals surface area contributed by atoms with Crippen LogP contribution in [-0.4, -0.2) is 15.0 Å². The van der Waals surface area contributed by atoms with Gasteiger partial charge in [0, 0.05) is 30.4 Å². The van der Waals surface area contributed by atoms with Crippen LogP contribution in [0.4, 0.5) is 5.95 Å². The van der Waals surface area contributed by atoms with Gasteiger partial charge in [-0.2, -0.15) is 0 Å². The predicted molar refractivity (Wildman–Crippen MR) is 54.4 cm³/mol. The molecular formula is C10H10N4. The number of nitrogens with zero attached hydrogens (tertiary/aromatic N) is 3. The SMILES string of the molecule is Cc1cnccc1-c1cnc(N)nc1. The van der Waals surface area contributed by atoms with Gasteiger partial charge in [0.1, 0.15) is 0 Å². The van der Waals surface area contributed by atoms with E-state index in [2.05, 4.69) is 15.0 Å². The van der Waals surface area contributed by atoms with E-state index in [1.165, 1.54) is 0 Å². The number of hydrogen-bond acceptors (Lipinski definition) is 4. The lowest BCUT2D eigenvalue weighted by molar-refractivity contribution is 1.18. The first-order valence-electron chi connectivity index (χ1n) is 4.26. The molecule has 0 amide bonds. The minimum absolute atomic E-state index is 0.292. The summed E-state index contributed by atoms with van der Waals surface area (Å²) in [6.07, 6.45) is 6.99. The Bertz CT molecular complexity index is 436. The fourth-order valence-corrected chi connectivity index (χ4v) is 1.27. The van der Waals surface area contributed by atoms with Gasteiger partial charge in [0.15, 0.2) is 0 Å². The maximum Gasteiger partial charge on any atom is 0.219 e. The van der Waals surface area contributed by atoms with Gasteiger partial charge < -0.3 is 5.73 Å². The van der Waals surface area contributed by atoms with E-state index in [0.29, 0.717) is 5.95 Å². The molecule has 0 saturated carbocycles. The van der Waals surface area contributed by atoms with Crippen molar-refractivity contribution in [3.05, 3.63) is 36.4 Å². The maximum atomic E-state index is 5.41. The molecule has 0 bridgehead atoms. The van der Waals surface area contributed by atoms with Crippen molar-refractivity contribution in [3.8, 4) is 11.1 Å². The summed E-state index contributed by atoms with van der Waals surface area (Å²) in [6.45, 7) is 2.00. The van der Waals surface area contributed by atoms with Gasteiger partial charge in [-0.15, -0.1) is 0 Å². The van der Waals surface area contributed by atoms with Crippen LogP contribution in [0, 0.1) is 6.92 Å². The highest BCUT2D eigenvalue weighted by molar-refractivity contribution is 5.64. The minimum atomic E-state index is 0.292. The van der Waals surface area contributed by atoms with E-state index in [0.717, 1.165) is 16.7 Å². The van der Waals surface area contributed by atoms with Crippen molar-refractivity contribution >= 4 is 5.95 Å². The molecule has 0 atom stereocenters. The first-order valence-corrected chi connectivity index (χ1v) is 4.26. The third-order valence-electron chi connectivity index (χ3n) is 2.00. The third kappa shape index (κ3) is 1.54. The van der Waals surface area contributed by atoms with E-state index in [1.54, 1.807) is 18.6 Å². The fourth-order valence-electron chi connectivity index (χ4n) is 1.27. The van der Waals surface area contributed by atoms with E-state index in [4.69, 9.17) is 5.73 Å². The summed E-state index contributed by atoms with van der Waals surface area (Å²) in [5, 5.41) is 0. The van der Waals surface area contributed by atoms with Crippen molar-refractivity contribution in [3.63, 3.8) is 0 Å². The van der Waals surface area contributed by atoms with Crippen LogP contribution in [0.15, 0.2) is 30.9 Å². The van der Waals surface area contributed by atoms with Gasteiger partial charge in [0.05, 0.1) is 0 Å². The lowest BCUT2D eigenvalue weighted by atomic mass is 10.1. The zero-order valence-corrected chi connectivity index (χ0v) is 7.81. The molecule has 0 radical (unpaired) electrons. The number of nitrogen functional groups attached to an aromatic ring is 1. The summed E-state index contributed by atoms with van der Waals surface area (Å²) in [6, 6.07) is 1.93. The molecule has 70 valence electrons. The molecule has 2 heterocycles. The normalized spacial score (nSPS) is 10.1. The molecule has 0 aromatic carbocycles. The van der Waals surface area contributed by atoms with E-state index < -0.39 is 0 Å². The quantitative estimate of drug-likeness (QED) is 0.731. The molecule has 2 N–H and O–H groups in total. The lowest BCUT2D eigenvalue weighted by Crippen LogP contribution is -1.94. The first-order chi connectivity index (χ1) is 6.77. The maximum absolute atomic E-state index is 5.41. The van der Waals surface area contributed by atoms with Crippen molar-refractivity contribution in [1.29, 1.82) is 0 Å². The van der Waals surface area contributed by atoms with Crippen molar-refractivity contribution in [1.82, 2.24) is 15.0 Å². The average molecular weight is 186 g/mol. The molecule has 0 fully saturated rings. The topological polar surface area (TPSA) is 64.7 Å². The van der Waals surface area contributed by atoms with Crippen molar-refractivity contribution in [2.45, 2.75) is 6.92 Å². The van der Waals surface area contributed by atoms with Gasteiger partial charge in [-0.3, -0.25) is 4.98 Å². The fraction of sp³-hybridized carbons (Fsp3) is 0.100. The van der Waals surface area contributed by atoms with Crippen LogP contribution in [-0.2, 0) is 0 Å². The Hall–Kier alpha value is -1.97. The second-order valence-electron chi connectivity index (χ2n) is 3.02. The summed E-state index contributed by atoms with van der Waals surface area (Å²) in [5.41, 5.74) is 8.55. The number of pyridine rings is 1. The standard InChI is InChI=1S/C10H10N4/c1-7-4-12-3-2-9(7)8-5-13-10(11)14-6-8/h2-6H,1H3,(H2,11,13,14). The summed E-state index contributed by atoms with van der Waals surface area (Å²) >= 11 is 0. The molecule has 2 rings (SSSR count). The summed E-state index contributed by atoms with van der Waals surface area (Å²) < 4.78 is 0. The van der Waals surface area contributed by atoms with Crippen molar-refractivity contribution < 1.29 is 0 Å². The molecule has 0 unspecified atom stereocenters. The smallest absolute Gasteiger partial charge is 0.219 e. The van der Waals surface area contributed by atoms with Gasteiger partial charge in [0.2, 0.25) is 5.95 Å². The predicted octanol–water partition coefficient (Wildman–Crippen LogP) is 1.43. The Morgan fingerprint density at radius 3 is 2.50 bits per heavy atom. The number of nitrogens with two attached hydrogens (primary N) is 1. The highest BCUT2D eigenvalue weighted by Crippen LogP contribution is 2.20. The molecule has 0 aliphatic rings. The molecule has 0 spiro atoms. The molecule has 0 saturated heterocycles. The van der Waals surface area contributed by atoms with Gasteiger partial charge in [-0.05, 0) is 24.1 Å². The molecule has 4 nitrogen and oxygen atoms in total. The Balaban J connectivity index is 2.50. The summed E-state index contributed by atoms with van der Waals surface area (Å²) in [7, 11) is 0. The second kappa shape index (κ2) is 3.41. The molecule has 2 aromatic rings. The van der Waals surface area contributed by atoms with Crippen LogP contribution in [0.3, 0.4) is 0 Å². The molecule has 4 heteroatoms. The molecule has 0 aliphatic heterocycles. The molecule has 2 aromatic heterocycles. The Labute approximate surface area is 81.9 Å². The van der Waals surface area contributed by atoms with Crippen LogP contribution in [0.1, 0.15) is 5.56 Å². The zero-order chi connectivity index (χ0) is 9.97. The monoisotopic (exact) mass is 186 g/mol. The number of aryl methyl sites for hydroxylation is 1.